The highest BCUT2D eigenvalue weighted by molar-refractivity contribution is 6.33. The van der Waals surface area contributed by atoms with Gasteiger partial charge in [0.05, 0.1) is 11.0 Å². The zero-order valence-electron chi connectivity index (χ0n) is 11.6. The van der Waals surface area contributed by atoms with E-state index in [4.69, 9.17) is 23.2 Å². The number of rotatable bonds is 4. The molecule has 0 spiro atoms. The van der Waals surface area contributed by atoms with Crippen molar-refractivity contribution in [2.24, 2.45) is 0 Å². The first-order valence-electron chi connectivity index (χ1n) is 6.35. The maximum absolute atomic E-state index is 10.9. The second-order valence-corrected chi connectivity index (χ2v) is 5.63. The zero-order chi connectivity index (χ0) is 15.6. The van der Waals surface area contributed by atoms with Crippen LogP contribution in [0, 0.1) is 17.0 Å². The highest BCUT2D eigenvalue weighted by Gasteiger charge is 2.14. The van der Waals surface area contributed by atoms with Crippen molar-refractivity contribution in [1.82, 2.24) is 0 Å². The summed E-state index contributed by atoms with van der Waals surface area (Å²) in [5.41, 5.74) is 2.51. The number of hydrogen-bond acceptors (Lipinski definition) is 3. The molecule has 0 amide bonds. The van der Waals surface area contributed by atoms with Crippen molar-refractivity contribution in [3.05, 3.63) is 67.7 Å². The Balaban J connectivity index is 2.31. The summed E-state index contributed by atoms with van der Waals surface area (Å²) in [5.74, 6) is 0. The molecule has 0 fully saturated rings. The molecule has 0 saturated carbocycles. The molecule has 0 bridgehead atoms. The number of benzene rings is 2. The Hall–Kier alpha value is -1.78. The summed E-state index contributed by atoms with van der Waals surface area (Å²) in [4.78, 5) is 10.4. The highest BCUT2D eigenvalue weighted by Crippen LogP contribution is 2.30. The lowest BCUT2D eigenvalue weighted by molar-refractivity contribution is -0.384. The molecule has 2 aromatic carbocycles. The van der Waals surface area contributed by atoms with E-state index in [0.717, 1.165) is 11.1 Å². The molecule has 2 rings (SSSR count). The fraction of sp³-hybridized carbons (Fsp3) is 0.200. The Morgan fingerprint density at radius 1 is 1.19 bits per heavy atom. The number of nitro groups is 1. The van der Waals surface area contributed by atoms with Gasteiger partial charge in [0.1, 0.15) is 0 Å². The molecule has 2 aromatic rings. The summed E-state index contributed by atoms with van der Waals surface area (Å²) in [7, 11) is 0. The van der Waals surface area contributed by atoms with Crippen LogP contribution in [-0.2, 0) is 0 Å². The first-order valence-corrected chi connectivity index (χ1v) is 7.10. The number of nitrogens with one attached hydrogen (secondary N) is 1. The predicted octanol–water partition coefficient (Wildman–Crippen LogP) is 5.38. The summed E-state index contributed by atoms with van der Waals surface area (Å²) in [6.45, 7) is 3.81. The number of aryl methyl sites for hydroxylation is 1. The Labute approximate surface area is 132 Å². The summed E-state index contributed by atoms with van der Waals surface area (Å²) in [6.07, 6.45) is 0. The monoisotopic (exact) mass is 324 g/mol. The van der Waals surface area contributed by atoms with E-state index in [2.05, 4.69) is 5.32 Å². The molecule has 21 heavy (non-hydrogen) atoms. The maximum atomic E-state index is 10.9. The smallest absolute Gasteiger partial charge is 0.271 e. The van der Waals surface area contributed by atoms with E-state index in [0.29, 0.717) is 15.7 Å². The third-order valence-electron chi connectivity index (χ3n) is 3.23. The topological polar surface area (TPSA) is 55.2 Å². The van der Waals surface area contributed by atoms with E-state index in [-0.39, 0.29) is 11.7 Å². The fourth-order valence-corrected chi connectivity index (χ4v) is 2.50. The molecule has 0 radical (unpaired) electrons. The van der Waals surface area contributed by atoms with Crippen LogP contribution in [0.2, 0.25) is 10.0 Å². The molecule has 0 aromatic heterocycles. The van der Waals surface area contributed by atoms with Crippen LogP contribution >= 0.6 is 23.2 Å². The van der Waals surface area contributed by atoms with Gasteiger partial charge in [0.15, 0.2) is 0 Å². The van der Waals surface area contributed by atoms with Crippen molar-refractivity contribution in [2.75, 3.05) is 5.32 Å². The summed E-state index contributed by atoms with van der Waals surface area (Å²) in [6, 6.07) is 9.83. The molecular weight excluding hydrogens is 311 g/mol. The molecule has 1 atom stereocenters. The summed E-state index contributed by atoms with van der Waals surface area (Å²) in [5, 5.41) is 15.3. The van der Waals surface area contributed by atoms with Crippen molar-refractivity contribution in [2.45, 2.75) is 19.9 Å². The lowest BCUT2D eigenvalue weighted by Crippen LogP contribution is -2.08. The van der Waals surface area contributed by atoms with Gasteiger partial charge in [0, 0.05) is 27.9 Å². The van der Waals surface area contributed by atoms with Crippen molar-refractivity contribution in [3.8, 4) is 0 Å². The maximum Gasteiger partial charge on any atom is 0.271 e. The Bertz CT molecular complexity index is 689. The summed E-state index contributed by atoms with van der Waals surface area (Å²) < 4.78 is 0. The lowest BCUT2D eigenvalue weighted by atomic mass is 10.1. The van der Waals surface area contributed by atoms with Gasteiger partial charge in [-0.05, 0) is 43.2 Å². The number of nitro benzene ring substituents is 1. The number of hydrogen-bond donors (Lipinski definition) is 1. The molecule has 1 N–H and O–H groups in total. The van der Waals surface area contributed by atoms with E-state index < -0.39 is 4.92 Å². The van der Waals surface area contributed by atoms with Crippen LogP contribution in [-0.4, -0.2) is 4.92 Å². The van der Waals surface area contributed by atoms with E-state index in [9.17, 15) is 10.1 Å². The molecule has 0 aliphatic rings. The highest BCUT2D eigenvalue weighted by atomic mass is 35.5. The number of non-ortho nitro benzene ring substituents is 1. The molecular formula is C15H14Cl2N2O2. The molecule has 4 nitrogen and oxygen atoms in total. The third kappa shape index (κ3) is 3.65. The van der Waals surface area contributed by atoms with Crippen molar-refractivity contribution < 1.29 is 4.92 Å². The fourth-order valence-electron chi connectivity index (χ4n) is 2.04. The standard InChI is InChI=1S/C15H14Cl2N2O2/c1-9-3-5-12(19(20)21)8-15(9)18-10(2)13-7-11(16)4-6-14(13)17/h3-8,10,18H,1-2H3. The van der Waals surface area contributed by atoms with Gasteiger partial charge in [-0.25, -0.2) is 0 Å². The summed E-state index contributed by atoms with van der Waals surface area (Å²) >= 11 is 12.2. The largest absolute Gasteiger partial charge is 0.378 e. The van der Waals surface area contributed by atoms with Gasteiger partial charge in [0.2, 0.25) is 0 Å². The van der Waals surface area contributed by atoms with Gasteiger partial charge in [0.25, 0.3) is 5.69 Å². The predicted molar refractivity (Wildman–Crippen MR) is 86.3 cm³/mol. The minimum atomic E-state index is -0.415. The van der Waals surface area contributed by atoms with Crippen LogP contribution in [0.25, 0.3) is 0 Å². The number of anilines is 1. The molecule has 0 saturated heterocycles. The van der Waals surface area contributed by atoms with E-state index in [1.165, 1.54) is 12.1 Å². The minimum Gasteiger partial charge on any atom is -0.378 e. The van der Waals surface area contributed by atoms with Crippen LogP contribution in [0.1, 0.15) is 24.1 Å². The van der Waals surface area contributed by atoms with Gasteiger partial charge < -0.3 is 5.32 Å². The second-order valence-electron chi connectivity index (χ2n) is 4.79. The van der Waals surface area contributed by atoms with Crippen molar-refractivity contribution in [3.63, 3.8) is 0 Å². The third-order valence-corrected chi connectivity index (χ3v) is 3.81. The second kappa shape index (κ2) is 6.33. The molecule has 0 aliphatic heterocycles. The Morgan fingerprint density at radius 3 is 2.57 bits per heavy atom. The van der Waals surface area contributed by atoms with Crippen LogP contribution in [0.15, 0.2) is 36.4 Å². The van der Waals surface area contributed by atoms with Gasteiger partial charge in [-0.3, -0.25) is 10.1 Å². The first kappa shape index (κ1) is 15.6. The molecule has 1 unspecified atom stereocenters. The van der Waals surface area contributed by atoms with Crippen LogP contribution in [0.5, 0.6) is 0 Å². The normalized spacial score (nSPS) is 12.0. The van der Waals surface area contributed by atoms with E-state index in [1.807, 2.05) is 13.8 Å². The minimum absolute atomic E-state index is 0.0486. The van der Waals surface area contributed by atoms with Gasteiger partial charge >= 0.3 is 0 Å². The Kier molecular flexibility index (Phi) is 4.70. The SMILES string of the molecule is Cc1ccc([N+](=O)[O-])cc1NC(C)c1cc(Cl)ccc1Cl. The Morgan fingerprint density at radius 2 is 1.90 bits per heavy atom. The van der Waals surface area contributed by atoms with Gasteiger partial charge in [-0.15, -0.1) is 0 Å². The quantitative estimate of drug-likeness (QED) is 0.606. The average molecular weight is 325 g/mol. The van der Waals surface area contributed by atoms with Crippen LogP contribution in [0.4, 0.5) is 11.4 Å². The molecule has 110 valence electrons. The van der Waals surface area contributed by atoms with E-state index in [1.54, 1.807) is 24.3 Å². The number of halogens is 2. The van der Waals surface area contributed by atoms with Crippen LogP contribution in [0.3, 0.4) is 0 Å². The molecule has 0 aliphatic carbocycles. The number of nitrogens with zero attached hydrogens (tertiary/aromatic N) is 1. The van der Waals surface area contributed by atoms with Gasteiger partial charge in [-0.2, -0.15) is 0 Å². The van der Waals surface area contributed by atoms with Crippen LogP contribution < -0.4 is 5.32 Å². The molecule has 6 heteroatoms. The van der Waals surface area contributed by atoms with Gasteiger partial charge in [-0.1, -0.05) is 29.3 Å². The zero-order valence-corrected chi connectivity index (χ0v) is 13.1. The molecule has 0 heterocycles. The van der Waals surface area contributed by atoms with Crippen molar-refractivity contribution >= 4 is 34.6 Å². The average Bonchev–Trinajstić information content (AvgIpc) is 2.43. The lowest BCUT2D eigenvalue weighted by Gasteiger charge is -2.18. The first-order chi connectivity index (χ1) is 9.88. The van der Waals surface area contributed by atoms with E-state index >= 15 is 0 Å². The van der Waals surface area contributed by atoms with Crippen molar-refractivity contribution in [1.29, 1.82) is 0 Å².